The first-order valence-corrected chi connectivity index (χ1v) is 13.4. The highest BCUT2D eigenvalue weighted by Gasteiger charge is 2.54. The van der Waals surface area contributed by atoms with Crippen molar-refractivity contribution in [2.75, 3.05) is 19.7 Å². The van der Waals surface area contributed by atoms with Gasteiger partial charge in [-0.15, -0.1) is 0 Å². The second kappa shape index (κ2) is 11.2. The zero-order valence-corrected chi connectivity index (χ0v) is 23.3. The Bertz CT molecular complexity index is 1250. The smallest absolute Gasteiger partial charge is 0.353 e. The van der Waals surface area contributed by atoms with E-state index in [4.69, 9.17) is 4.74 Å². The van der Waals surface area contributed by atoms with E-state index in [1.54, 1.807) is 17.0 Å². The van der Waals surface area contributed by atoms with Crippen molar-refractivity contribution in [3.63, 3.8) is 0 Å². The standard InChI is InChI=1S/C30H36F3N3O4/c1-20-8-10-22(11-9-20)27(39)36-24(26(38)34-18-21-6-5-7-23(16-21)30(31,32)33)19-40-29(36)12-14-35(15-13-29)25(37)17-28(2,3)4/h5-11,16,24H,12-15,17-19H2,1-4H3,(H,34,38)/t24-/m0/s1. The summed E-state index contributed by atoms with van der Waals surface area (Å²) in [5.74, 6) is -0.848. The lowest BCUT2D eigenvalue weighted by atomic mass is 9.90. The molecular formula is C30H36F3N3O4. The van der Waals surface area contributed by atoms with Crippen molar-refractivity contribution in [1.82, 2.24) is 15.1 Å². The fourth-order valence-corrected chi connectivity index (χ4v) is 5.24. The second-order valence-electron chi connectivity index (χ2n) is 11.8. The van der Waals surface area contributed by atoms with E-state index >= 15 is 0 Å². The molecule has 2 aromatic rings. The van der Waals surface area contributed by atoms with Crippen LogP contribution in [0, 0.1) is 12.3 Å². The predicted octanol–water partition coefficient (Wildman–Crippen LogP) is 4.93. The summed E-state index contributed by atoms with van der Waals surface area (Å²) in [7, 11) is 0. The van der Waals surface area contributed by atoms with E-state index in [1.807, 2.05) is 39.8 Å². The van der Waals surface area contributed by atoms with Crippen LogP contribution in [0.4, 0.5) is 13.2 Å². The third kappa shape index (κ3) is 6.66. The molecular weight excluding hydrogens is 523 g/mol. The van der Waals surface area contributed by atoms with Crippen LogP contribution in [0.5, 0.6) is 0 Å². The maximum absolute atomic E-state index is 13.8. The number of rotatable bonds is 5. The lowest BCUT2D eigenvalue weighted by Gasteiger charge is -2.44. The Morgan fingerprint density at radius 3 is 2.27 bits per heavy atom. The Hall–Kier alpha value is -3.40. The molecule has 3 amide bonds. The minimum Gasteiger partial charge on any atom is -0.353 e. The molecule has 2 saturated heterocycles. The van der Waals surface area contributed by atoms with Gasteiger partial charge in [0.1, 0.15) is 11.8 Å². The molecule has 1 N–H and O–H groups in total. The van der Waals surface area contributed by atoms with Gasteiger partial charge in [-0.1, -0.05) is 50.6 Å². The summed E-state index contributed by atoms with van der Waals surface area (Å²) in [5.41, 5.74) is -0.363. The quantitative estimate of drug-likeness (QED) is 0.564. The number of nitrogens with zero attached hydrogens (tertiary/aromatic N) is 2. The van der Waals surface area contributed by atoms with Crippen LogP contribution in [0.1, 0.15) is 67.1 Å². The Balaban J connectivity index is 1.54. The monoisotopic (exact) mass is 559 g/mol. The number of carbonyl (C=O) groups is 3. The van der Waals surface area contributed by atoms with E-state index in [9.17, 15) is 27.6 Å². The van der Waals surface area contributed by atoms with Crippen LogP contribution in [0.15, 0.2) is 48.5 Å². The molecule has 1 atom stereocenters. The van der Waals surface area contributed by atoms with Gasteiger partial charge >= 0.3 is 6.18 Å². The summed E-state index contributed by atoms with van der Waals surface area (Å²) in [6, 6.07) is 10.8. The molecule has 7 nitrogen and oxygen atoms in total. The molecule has 0 saturated carbocycles. The highest BCUT2D eigenvalue weighted by Crippen LogP contribution is 2.39. The summed E-state index contributed by atoms with van der Waals surface area (Å²) in [5, 5.41) is 2.70. The number of aryl methyl sites for hydroxylation is 1. The summed E-state index contributed by atoms with van der Waals surface area (Å²) < 4.78 is 45.6. The molecule has 10 heteroatoms. The van der Waals surface area contributed by atoms with E-state index in [-0.39, 0.29) is 30.4 Å². The van der Waals surface area contributed by atoms with Gasteiger partial charge in [0, 0.05) is 44.5 Å². The van der Waals surface area contributed by atoms with Gasteiger partial charge in [0.05, 0.1) is 12.2 Å². The van der Waals surface area contributed by atoms with Gasteiger partial charge < -0.3 is 15.0 Å². The SMILES string of the molecule is Cc1ccc(C(=O)N2[C@H](C(=O)NCc3cccc(C(F)(F)F)c3)COC23CCN(C(=O)CC(C)(C)C)CC3)cc1. The van der Waals surface area contributed by atoms with Crippen molar-refractivity contribution >= 4 is 17.7 Å². The molecule has 0 aliphatic carbocycles. The molecule has 2 aliphatic heterocycles. The van der Waals surface area contributed by atoms with Crippen molar-refractivity contribution in [2.24, 2.45) is 5.41 Å². The molecule has 0 radical (unpaired) electrons. The molecule has 4 rings (SSSR count). The van der Waals surface area contributed by atoms with Crippen LogP contribution >= 0.6 is 0 Å². The average molecular weight is 560 g/mol. The first-order valence-electron chi connectivity index (χ1n) is 13.4. The zero-order valence-electron chi connectivity index (χ0n) is 23.3. The molecule has 0 unspecified atom stereocenters. The zero-order chi connectivity index (χ0) is 29.3. The largest absolute Gasteiger partial charge is 0.416 e. The van der Waals surface area contributed by atoms with Gasteiger partial charge in [0.15, 0.2) is 0 Å². The second-order valence-corrected chi connectivity index (χ2v) is 11.8. The van der Waals surface area contributed by atoms with E-state index in [1.165, 1.54) is 17.0 Å². The van der Waals surface area contributed by atoms with E-state index < -0.39 is 29.4 Å². The van der Waals surface area contributed by atoms with Gasteiger partial charge in [-0.3, -0.25) is 19.3 Å². The first kappa shape index (κ1) is 29.6. The average Bonchev–Trinajstić information content (AvgIpc) is 3.24. The van der Waals surface area contributed by atoms with Gasteiger partial charge in [-0.25, -0.2) is 0 Å². The molecule has 1 spiro atoms. The number of piperidine rings is 1. The number of carbonyl (C=O) groups excluding carboxylic acids is 3. The van der Waals surface area contributed by atoms with Crippen molar-refractivity contribution < 1.29 is 32.3 Å². The van der Waals surface area contributed by atoms with E-state index in [0.717, 1.165) is 17.7 Å². The topological polar surface area (TPSA) is 79.0 Å². The minimum atomic E-state index is -4.49. The lowest BCUT2D eigenvalue weighted by molar-refractivity contribution is -0.145. The van der Waals surface area contributed by atoms with Crippen LogP contribution in [0.3, 0.4) is 0 Å². The summed E-state index contributed by atoms with van der Waals surface area (Å²) in [6.45, 7) is 8.48. The molecule has 2 aliphatic rings. The van der Waals surface area contributed by atoms with Crippen LogP contribution < -0.4 is 5.32 Å². The minimum absolute atomic E-state index is 0.0344. The molecule has 0 bridgehead atoms. The van der Waals surface area contributed by atoms with Crippen LogP contribution in [0.25, 0.3) is 0 Å². The van der Waals surface area contributed by atoms with Crippen LogP contribution in [-0.4, -0.2) is 59.0 Å². The van der Waals surface area contributed by atoms with Gasteiger partial charge in [0.2, 0.25) is 11.8 Å². The Kier molecular flexibility index (Phi) is 8.31. The predicted molar refractivity (Wildman–Crippen MR) is 143 cm³/mol. The Morgan fingerprint density at radius 2 is 1.68 bits per heavy atom. The van der Waals surface area contributed by atoms with Crippen LogP contribution in [-0.2, 0) is 27.0 Å². The summed E-state index contributed by atoms with van der Waals surface area (Å²) in [6.07, 6.45) is -3.41. The number of hydrogen-bond donors (Lipinski definition) is 1. The number of hydrogen-bond acceptors (Lipinski definition) is 4. The van der Waals surface area contributed by atoms with Crippen molar-refractivity contribution in [3.05, 3.63) is 70.8 Å². The highest BCUT2D eigenvalue weighted by molar-refractivity contribution is 5.98. The number of halogens is 3. The molecule has 2 heterocycles. The van der Waals surface area contributed by atoms with Crippen LogP contribution in [0.2, 0.25) is 0 Å². The first-order chi connectivity index (χ1) is 18.7. The van der Waals surface area contributed by atoms with Gasteiger partial charge in [-0.2, -0.15) is 13.2 Å². The molecule has 2 fully saturated rings. The van der Waals surface area contributed by atoms with E-state index in [0.29, 0.717) is 43.5 Å². The number of benzene rings is 2. The number of amides is 3. The lowest BCUT2D eigenvalue weighted by Crippen LogP contribution is -2.59. The molecule has 216 valence electrons. The van der Waals surface area contributed by atoms with E-state index in [2.05, 4.69) is 5.32 Å². The van der Waals surface area contributed by atoms with Gasteiger partial charge in [-0.05, 0) is 42.2 Å². The Labute approximate surface area is 232 Å². The van der Waals surface area contributed by atoms with Crippen molar-refractivity contribution in [3.8, 4) is 0 Å². The fraction of sp³-hybridized carbons (Fsp3) is 0.500. The number of likely N-dealkylation sites (tertiary alicyclic amines) is 1. The third-order valence-electron chi connectivity index (χ3n) is 7.38. The Morgan fingerprint density at radius 1 is 1.02 bits per heavy atom. The summed E-state index contributed by atoms with van der Waals surface area (Å²) in [4.78, 5) is 43.3. The highest BCUT2D eigenvalue weighted by atomic mass is 19.4. The fourth-order valence-electron chi connectivity index (χ4n) is 5.24. The summed E-state index contributed by atoms with van der Waals surface area (Å²) >= 11 is 0. The van der Waals surface area contributed by atoms with Crippen molar-refractivity contribution in [2.45, 2.75) is 71.4 Å². The third-order valence-corrected chi connectivity index (χ3v) is 7.38. The molecule has 0 aromatic heterocycles. The van der Waals surface area contributed by atoms with Crippen molar-refractivity contribution in [1.29, 1.82) is 0 Å². The normalized spacial score (nSPS) is 19.1. The number of ether oxygens (including phenoxy) is 1. The maximum atomic E-state index is 13.8. The molecule has 40 heavy (non-hydrogen) atoms. The maximum Gasteiger partial charge on any atom is 0.416 e. The van der Waals surface area contributed by atoms with Gasteiger partial charge in [0.25, 0.3) is 5.91 Å². The number of nitrogens with one attached hydrogen (secondary N) is 1. The number of alkyl halides is 3. The molecule has 2 aromatic carbocycles.